The molecule has 1 saturated carbocycles. The van der Waals surface area contributed by atoms with Gasteiger partial charge in [-0.05, 0) is 31.0 Å². The molecule has 0 unspecified atom stereocenters. The predicted octanol–water partition coefficient (Wildman–Crippen LogP) is 3.22. The number of hydrogen-bond acceptors (Lipinski definition) is 3. The number of rotatable bonds is 3. The summed E-state index contributed by atoms with van der Waals surface area (Å²) in [5.74, 6) is 0.749. The first-order valence-corrected chi connectivity index (χ1v) is 7.15. The molecule has 0 radical (unpaired) electrons. The highest BCUT2D eigenvalue weighted by Gasteiger charge is 2.52. The SMILES string of the molecule is O=C(Nc1ccc2c(c1)OCO2)C1(c2ccccc2F)CC1. The van der Waals surface area contributed by atoms with E-state index in [0.29, 0.717) is 35.6 Å². The second-order valence-corrected chi connectivity index (χ2v) is 5.58. The van der Waals surface area contributed by atoms with E-state index in [9.17, 15) is 9.18 Å². The highest BCUT2D eigenvalue weighted by Crippen LogP contribution is 2.50. The lowest BCUT2D eigenvalue weighted by Crippen LogP contribution is -2.28. The summed E-state index contributed by atoms with van der Waals surface area (Å²) in [6.45, 7) is 0.186. The van der Waals surface area contributed by atoms with Crippen molar-refractivity contribution in [3.63, 3.8) is 0 Å². The Kier molecular flexibility index (Phi) is 2.82. The van der Waals surface area contributed by atoms with Gasteiger partial charge in [0.15, 0.2) is 11.5 Å². The number of anilines is 1. The molecule has 4 rings (SSSR count). The van der Waals surface area contributed by atoms with Crippen LogP contribution in [0.3, 0.4) is 0 Å². The van der Waals surface area contributed by atoms with E-state index in [2.05, 4.69) is 5.32 Å². The number of carbonyl (C=O) groups excluding carboxylic acids is 1. The smallest absolute Gasteiger partial charge is 0.235 e. The Hall–Kier alpha value is -2.56. The Morgan fingerprint density at radius 1 is 1.09 bits per heavy atom. The van der Waals surface area contributed by atoms with Crippen molar-refractivity contribution >= 4 is 11.6 Å². The summed E-state index contributed by atoms with van der Waals surface area (Å²) in [7, 11) is 0. The first kappa shape index (κ1) is 13.1. The van der Waals surface area contributed by atoms with Crippen molar-refractivity contribution in [1.82, 2.24) is 0 Å². The molecule has 1 aliphatic heterocycles. The normalized spacial score (nSPS) is 17.1. The maximum Gasteiger partial charge on any atom is 0.235 e. The van der Waals surface area contributed by atoms with Gasteiger partial charge in [0.2, 0.25) is 12.7 Å². The molecular formula is C17H14FNO3. The van der Waals surface area contributed by atoms with Crippen LogP contribution in [0.4, 0.5) is 10.1 Å². The summed E-state index contributed by atoms with van der Waals surface area (Å²) in [6.07, 6.45) is 1.31. The average Bonchev–Trinajstić information content (AvgIpc) is 3.19. The fraction of sp³-hybridized carbons (Fsp3) is 0.235. The summed E-state index contributed by atoms with van der Waals surface area (Å²) in [5, 5.41) is 2.86. The third-order valence-corrected chi connectivity index (χ3v) is 4.20. The zero-order chi connectivity index (χ0) is 15.2. The molecule has 0 bridgehead atoms. The molecule has 112 valence electrons. The average molecular weight is 299 g/mol. The van der Waals surface area contributed by atoms with E-state index in [1.54, 1.807) is 36.4 Å². The minimum atomic E-state index is -0.748. The molecule has 0 saturated heterocycles. The molecule has 0 aromatic heterocycles. The second kappa shape index (κ2) is 4.73. The van der Waals surface area contributed by atoms with E-state index in [-0.39, 0.29) is 18.5 Å². The highest BCUT2D eigenvalue weighted by molar-refractivity contribution is 6.01. The third-order valence-electron chi connectivity index (χ3n) is 4.20. The van der Waals surface area contributed by atoms with E-state index < -0.39 is 5.41 Å². The summed E-state index contributed by atoms with van der Waals surface area (Å²) in [4.78, 5) is 12.6. The molecule has 1 amide bonds. The van der Waals surface area contributed by atoms with Gasteiger partial charge in [0.05, 0.1) is 5.41 Å². The minimum absolute atomic E-state index is 0.184. The molecule has 0 spiro atoms. The van der Waals surface area contributed by atoms with Crippen molar-refractivity contribution in [3.05, 3.63) is 53.8 Å². The van der Waals surface area contributed by atoms with Crippen LogP contribution < -0.4 is 14.8 Å². The van der Waals surface area contributed by atoms with E-state index >= 15 is 0 Å². The highest BCUT2D eigenvalue weighted by atomic mass is 19.1. The quantitative estimate of drug-likeness (QED) is 0.946. The summed E-state index contributed by atoms with van der Waals surface area (Å²) in [5.41, 5.74) is 0.340. The Morgan fingerprint density at radius 3 is 2.64 bits per heavy atom. The van der Waals surface area contributed by atoms with Crippen LogP contribution in [0.2, 0.25) is 0 Å². The maximum atomic E-state index is 14.0. The molecule has 1 heterocycles. The number of nitrogens with one attached hydrogen (secondary N) is 1. The topological polar surface area (TPSA) is 47.6 Å². The zero-order valence-corrected chi connectivity index (χ0v) is 11.8. The van der Waals surface area contributed by atoms with Crippen LogP contribution in [0.1, 0.15) is 18.4 Å². The molecule has 1 N–H and O–H groups in total. The van der Waals surface area contributed by atoms with Crippen molar-refractivity contribution in [2.45, 2.75) is 18.3 Å². The van der Waals surface area contributed by atoms with Gasteiger partial charge in [-0.25, -0.2) is 4.39 Å². The Morgan fingerprint density at radius 2 is 1.86 bits per heavy atom. The van der Waals surface area contributed by atoms with Crippen molar-refractivity contribution in [2.24, 2.45) is 0 Å². The van der Waals surface area contributed by atoms with Crippen LogP contribution in [-0.2, 0) is 10.2 Å². The van der Waals surface area contributed by atoms with Gasteiger partial charge in [-0.2, -0.15) is 0 Å². The van der Waals surface area contributed by atoms with Crippen LogP contribution in [0.5, 0.6) is 11.5 Å². The number of fused-ring (bicyclic) bond motifs is 1. The molecule has 1 fully saturated rings. The van der Waals surface area contributed by atoms with Crippen LogP contribution in [0.15, 0.2) is 42.5 Å². The van der Waals surface area contributed by atoms with Crippen molar-refractivity contribution < 1.29 is 18.7 Å². The maximum absolute atomic E-state index is 14.0. The third kappa shape index (κ3) is 2.01. The number of hydrogen-bond donors (Lipinski definition) is 1. The van der Waals surface area contributed by atoms with E-state index in [1.807, 2.05) is 0 Å². The monoisotopic (exact) mass is 299 g/mol. The fourth-order valence-electron chi connectivity index (χ4n) is 2.82. The first-order chi connectivity index (χ1) is 10.7. The van der Waals surface area contributed by atoms with Crippen molar-refractivity contribution in [1.29, 1.82) is 0 Å². The van der Waals surface area contributed by atoms with E-state index in [1.165, 1.54) is 6.07 Å². The largest absolute Gasteiger partial charge is 0.454 e. The molecule has 5 heteroatoms. The number of benzene rings is 2. The summed E-state index contributed by atoms with van der Waals surface area (Å²) >= 11 is 0. The Labute approximate surface area is 126 Å². The molecule has 2 aliphatic rings. The van der Waals surface area contributed by atoms with Crippen LogP contribution in [0.25, 0.3) is 0 Å². The van der Waals surface area contributed by atoms with E-state index in [4.69, 9.17) is 9.47 Å². The van der Waals surface area contributed by atoms with Crippen molar-refractivity contribution in [3.8, 4) is 11.5 Å². The zero-order valence-electron chi connectivity index (χ0n) is 11.8. The molecule has 2 aromatic rings. The molecular weight excluding hydrogens is 285 g/mol. The Bertz CT molecular complexity index is 755. The van der Waals surface area contributed by atoms with Crippen LogP contribution in [-0.4, -0.2) is 12.7 Å². The molecule has 0 atom stereocenters. The lowest BCUT2D eigenvalue weighted by atomic mass is 9.94. The summed E-state index contributed by atoms with van der Waals surface area (Å²) in [6, 6.07) is 11.7. The number of amides is 1. The van der Waals surface area contributed by atoms with Gasteiger partial charge in [-0.3, -0.25) is 4.79 Å². The molecule has 22 heavy (non-hydrogen) atoms. The number of halogens is 1. The Balaban J connectivity index is 1.59. The lowest BCUT2D eigenvalue weighted by molar-refractivity contribution is -0.118. The van der Waals surface area contributed by atoms with Gasteiger partial charge >= 0.3 is 0 Å². The molecule has 4 nitrogen and oxygen atoms in total. The van der Waals surface area contributed by atoms with Gasteiger partial charge in [-0.1, -0.05) is 18.2 Å². The van der Waals surface area contributed by atoms with Crippen LogP contribution >= 0.6 is 0 Å². The van der Waals surface area contributed by atoms with Gasteiger partial charge in [0.1, 0.15) is 5.82 Å². The molecule has 2 aromatic carbocycles. The van der Waals surface area contributed by atoms with E-state index in [0.717, 1.165) is 0 Å². The van der Waals surface area contributed by atoms with Gasteiger partial charge in [0, 0.05) is 17.3 Å². The first-order valence-electron chi connectivity index (χ1n) is 7.15. The van der Waals surface area contributed by atoms with Gasteiger partial charge in [0.25, 0.3) is 0 Å². The minimum Gasteiger partial charge on any atom is -0.454 e. The van der Waals surface area contributed by atoms with Gasteiger partial charge < -0.3 is 14.8 Å². The summed E-state index contributed by atoms with van der Waals surface area (Å²) < 4.78 is 24.5. The van der Waals surface area contributed by atoms with Gasteiger partial charge in [-0.15, -0.1) is 0 Å². The van der Waals surface area contributed by atoms with Crippen molar-refractivity contribution in [2.75, 3.05) is 12.1 Å². The predicted molar refractivity (Wildman–Crippen MR) is 78.5 cm³/mol. The number of carbonyl (C=O) groups is 1. The van der Waals surface area contributed by atoms with Crippen LogP contribution in [0, 0.1) is 5.82 Å². The fourth-order valence-corrected chi connectivity index (χ4v) is 2.82. The second-order valence-electron chi connectivity index (χ2n) is 5.58. The lowest BCUT2D eigenvalue weighted by Gasteiger charge is -2.16. The molecule has 1 aliphatic carbocycles. The number of ether oxygens (including phenoxy) is 2. The standard InChI is InChI=1S/C17H14FNO3/c18-13-4-2-1-3-12(13)17(7-8-17)16(20)19-11-5-6-14-15(9-11)22-10-21-14/h1-6,9H,7-8,10H2,(H,19,20).